The number of nitrogens with zero attached hydrogens (tertiary/aromatic N) is 2. The van der Waals surface area contributed by atoms with E-state index in [9.17, 15) is 18.0 Å². The van der Waals surface area contributed by atoms with Crippen molar-refractivity contribution in [1.29, 1.82) is 0 Å². The number of anilines is 1. The van der Waals surface area contributed by atoms with Crippen LogP contribution in [0, 0.1) is 13.8 Å². The van der Waals surface area contributed by atoms with E-state index in [1.165, 1.54) is 17.0 Å². The second-order valence-corrected chi connectivity index (χ2v) is 12.2. The van der Waals surface area contributed by atoms with Crippen LogP contribution in [0.15, 0.2) is 48.5 Å². The number of carbonyl (C=O) groups is 2. The molecular weight excluding hydrogens is 486 g/mol. The fraction of sp³-hybridized carbons (Fsp3) is 0.517. The summed E-state index contributed by atoms with van der Waals surface area (Å²) in [6, 6.07) is 14.8. The monoisotopic (exact) mass is 527 g/mol. The number of rotatable bonds is 11. The van der Waals surface area contributed by atoms with Crippen molar-refractivity contribution in [3.63, 3.8) is 0 Å². The molecule has 0 spiro atoms. The first-order chi connectivity index (χ1) is 17.5. The van der Waals surface area contributed by atoms with E-state index in [1.807, 2.05) is 56.3 Å². The van der Waals surface area contributed by atoms with E-state index in [4.69, 9.17) is 0 Å². The van der Waals surface area contributed by atoms with Crippen LogP contribution in [0.4, 0.5) is 5.69 Å². The highest BCUT2D eigenvalue weighted by atomic mass is 32.2. The van der Waals surface area contributed by atoms with Crippen LogP contribution in [0.25, 0.3) is 0 Å². The van der Waals surface area contributed by atoms with Crippen molar-refractivity contribution >= 4 is 27.5 Å². The van der Waals surface area contributed by atoms with Gasteiger partial charge in [0.2, 0.25) is 21.8 Å². The van der Waals surface area contributed by atoms with Crippen LogP contribution < -0.4 is 9.62 Å². The number of hydrogen-bond donors (Lipinski definition) is 1. The van der Waals surface area contributed by atoms with Crippen LogP contribution >= 0.6 is 0 Å². The Morgan fingerprint density at radius 2 is 1.65 bits per heavy atom. The first-order valence-corrected chi connectivity index (χ1v) is 15.1. The summed E-state index contributed by atoms with van der Waals surface area (Å²) in [6.07, 6.45) is 7.05. The van der Waals surface area contributed by atoms with E-state index in [1.54, 1.807) is 17.9 Å². The predicted molar refractivity (Wildman–Crippen MR) is 149 cm³/mol. The van der Waals surface area contributed by atoms with Gasteiger partial charge in [-0.05, 0) is 63.3 Å². The van der Waals surface area contributed by atoms with Gasteiger partial charge in [-0.15, -0.1) is 0 Å². The molecule has 37 heavy (non-hydrogen) atoms. The third-order valence-electron chi connectivity index (χ3n) is 7.00. The molecule has 1 aliphatic carbocycles. The Kier molecular flexibility index (Phi) is 10.1. The van der Waals surface area contributed by atoms with Crippen LogP contribution in [0.2, 0.25) is 0 Å². The van der Waals surface area contributed by atoms with Gasteiger partial charge in [0.25, 0.3) is 0 Å². The lowest BCUT2D eigenvalue weighted by atomic mass is 9.95. The summed E-state index contributed by atoms with van der Waals surface area (Å²) < 4.78 is 26.3. The largest absolute Gasteiger partial charge is 0.352 e. The SMILES string of the molecule is Cc1cccc(CN(C(=O)CCCN(c2cccc(C)c2)S(C)(=O)=O)C(C)C(=O)NC2CCCCC2)c1. The molecule has 1 N–H and O–H groups in total. The highest BCUT2D eigenvalue weighted by Crippen LogP contribution is 2.21. The summed E-state index contributed by atoms with van der Waals surface area (Å²) in [5.74, 6) is -0.295. The van der Waals surface area contributed by atoms with E-state index in [0.29, 0.717) is 18.7 Å². The summed E-state index contributed by atoms with van der Waals surface area (Å²) in [7, 11) is -3.51. The smallest absolute Gasteiger partial charge is 0.242 e. The van der Waals surface area contributed by atoms with Crippen molar-refractivity contribution in [2.45, 2.75) is 84.3 Å². The maximum absolute atomic E-state index is 13.5. The Labute approximate surface area is 222 Å². The number of amides is 2. The Morgan fingerprint density at radius 1 is 1.00 bits per heavy atom. The maximum Gasteiger partial charge on any atom is 0.242 e. The number of benzene rings is 2. The Morgan fingerprint density at radius 3 is 2.27 bits per heavy atom. The standard InChI is InChI=1S/C29H41N3O4S/c1-22-11-8-13-25(19-22)21-31(24(3)29(34)30-26-14-6-5-7-15-26)28(33)17-10-18-32(37(4,35)36)27-16-9-12-23(2)20-27/h8-9,11-13,16,19-20,24,26H,5-7,10,14-15,17-18,21H2,1-4H3,(H,30,34). The minimum Gasteiger partial charge on any atom is -0.352 e. The lowest BCUT2D eigenvalue weighted by Gasteiger charge is -2.31. The molecule has 0 heterocycles. The molecule has 0 radical (unpaired) electrons. The fourth-order valence-electron chi connectivity index (χ4n) is 4.95. The number of sulfonamides is 1. The minimum absolute atomic E-state index is 0.134. The van der Waals surface area contributed by atoms with Crippen LogP contribution in [-0.2, 0) is 26.2 Å². The molecule has 202 valence electrons. The van der Waals surface area contributed by atoms with Gasteiger partial charge in [-0.1, -0.05) is 61.2 Å². The summed E-state index contributed by atoms with van der Waals surface area (Å²) in [6.45, 7) is 6.21. The molecule has 2 aromatic rings. The number of carbonyl (C=O) groups excluding carboxylic acids is 2. The van der Waals surface area contributed by atoms with E-state index >= 15 is 0 Å². The molecule has 1 saturated carbocycles. The van der Waals surface area contributed by atoms with E-state index < -0.39 is 16.1 Å². The van der Waals surface area contributed by atoms with Crippen molar-refractivity contribution in [2.75, 3.05) is 17.1 Å². The van der Waals surface area contributed by atoms with Crippen LogP contribution in [0.5, 0.6) is 0 Å². The van der Waals surface area contributed by atoms with Gasteiger partial charge in [-0.2, -0.15) is 0 Å². The topological polar surface area (TPSA) is 86.8 Å². The van der Waals surface area contributed by atoms with E-state index in [2.05, 4.69) is 5.32 Å². The van der Waals surface area contributed by atoms with E-state index in [0.717, 1.165) is 42.4 Å². The molecule has 1 fully saturated rings. The Balaban J connectivity index is 1.71. The van der Waals surface area contributed by atoms with Crippen molar-refractivity contribution in [3.05, 3.63) is 65.2 Å². The number of hydrogen-bond acceptors (Lipinski definition) is 4. The third kappa shape index (κ3) is 8.59. The number of aryl methyl sites for hydroxylation is 2. The third-order valence-corrected chi connectivity index (χ3v) is 8.19. The molecule has 8 heteroatoms. The highest BCUT2D eigenvalue weighted by Gasteiger charge is 2.28. The molecule has 1 aliphatic rings. The molecule has 0 aromatic heterocycles. The van der Waals surface area contributed by atoms with Crippen LogP contribution in [0.3, 0.4) is 0 Å². The van der Waals surface area contributed by atoms with Gasteiger partial charge >= 0.3 is 0 Å². The summed E-state index contributed by atoms with van der Waals surface area (Å²) >= 11 is 0. The second kappa shape index (κ2) is 13.1. The summed E-state index contributed by atoms with van der Waals surface area (Å²) in [5, 5.41) is 3.15. The molecule has 7 nitrogen and oxygen atoms in total. The zero-order chi connectivity index (χ0) is 27.0. The van der Waals surface area contributed by atoms with Crippen molar-refractivity contribution in [3.8, 4) is 0 Å². The zero-order valence-corrected chi connectivity index (χ0v) is 23.4. The van der Waals surface area contributed by atoms with Gasteiger partial charge in [0.05, 0.1) is 11.9 Å². The van der Waals surface area contributed by atoms with Gasteiger partial charge in [0, 0.05) is 25.6 Å². The Bertz CT molecular complexity index is 1180. The van der Waals surface area contributed by atoms with E-state index in [-0.39, 0.29) is 30.8 Å². The van der Waals surface area contributed by atoms with Gasteiger partial charge in [-0.25, -0.2) is 8.42 Å². The molecule has 0 aliphatic heterocycles. The minimum atomic E-state index is -3.51. The van der Waals surface area contributed by atoms with Gasteiger partial charge < -0.3 is 10.2 Å². The van der Waals surface area contributed by atoms with Gasteiger partial charge in [0.15, 0.2) is 0 Å². The highest BCUT2D eigenvalue weighted by molar-refractivity contribution is 7.92. The second-order valence-electron chi connectivity index (χ2n) is 10.3. The Hall–Kier alpha value is -2.87. The van der Waals surface area contributed by atoms with Crippen molar-refractivity contribution in [1.82, 2.24) is 10.2 Å². The zero-order valence-electron chi connectivity index (χ0n) is 22.6. The molecule has 0 bridgehead atoms. The molecule has 3 rings (SSSR count). The fourth-order valence-corrected chi connectivity index (χ4v) is 5.90. The van der Waals surface area contributed by atoms with Gasteiger partial charge in [-0.3, -0.25) is 13.9 Å². The normalized spacial score (nSPS) is 15.1. The molecule has 2 aromatic carbocycles. The molecule has 1 unspecified atom stereocenters. The van der Waals surface area contributed by atoms with Gasteiger partial charge in [0.1, 0.15) is 6.04 Å². The summed E-state index contributed by atoms with van der Waals surface area (Å²) in [4.78, 5) is 28.3. The predicted octanol–water partition coefficient (Wildman–Crippen LogP) is 4.72. The van der Waals surface area contributed by atoms with Crippen LogP contribution in [0.1, 0.15) is 68.6 Å². The van der Waals surface area contributed by atoms with Crippen molar-refractivity contribution in [2.24, 2.45) is 0 Å². The average molecular weight is 528 g/mol. The molecular formula is C29H41N3O4S. The lowest BCUT2D eigenvalue weighted by molar-refractivity contribution is -0.141. The number of nitrogens with one attached hydrogen (secondary N) is 1. The van der Waals surface area contributed by atoms with Crippen molar-refractivity contribution < 1.29 is 18.0 Å². The lowest BCUT2D eigenvalue weighted by Crippen LogP contribution is -2.50. The van der Waals surface area contributed by atoms with Crippen LogP contribution in [-0.4, -0.2) is 50.0 Å². The molecule has 0 saturated heterocycles. The average Bonchev–Trinajstić information content (AvgIpc) is 2.84. The maximum atomic E-state index is 13.5. The quantitative estimate of drug-likeness (QED) is 0.458. The molecule has 2 amide bonds. The summed E-state index contributed by atoms with van der Waals surface area (Å²) in [5.41, 5.74) is 3.60. The first kappa shape index (κ1) is 28.7. The molecule has 1 atom stereocenters. The first-order valence-electron chi connectivity index (χ1n) is 13.2.